The predicted molar refractivity (Wildman–Crippen MR) is 86.3 cm³/mol. The predicted octanol–water partition coefficient (Wildman–Crippen LogP) is 4.13. The minimum atomic E-state index is -0.572. The van der Waals surface area contributed by atoms with Gasteiger partial charge in [0, 0.05) is 11.8 Å². The Kier molecular flexibility index (Phi) is 3.72. The number of pyridine rings is 1. The summed E-state index contributed by atoms with van der Waals surface area (Å²) in [6.45, 7) is 4.19. The largest absolute Gasteiger partial charge is 0.386 e. The minimum Gasteiger partial charge on any atom is -0.386 e. The van der Waals surface area contributed by atoms with Gasteiger partial charge in [-0.3, -0.25) is 4.98 Å². The first-order valence-electron chi connectivity index (χ1n) is 7.23. The molecule has 1 unspecified atom stereocenters. The van der Waals surface area contributed by atoms with Crippen molar-refractivity contribution in [3.05, 3.63) is 77.0 Å². The van der Waals surface area contributed by atoms with Gasteiger partial charge >= 0.3 is 0 Å². The van der Waals surface area contributed by atoms with Crippen molar-refractivity contribution in [2.24, 2.45) is 0 Å². The Morgan fingerprint density at radius 1 is 0.952 bits per heavy atom. The molecule has 0 saturated heterocycles. The van der Waals surface area contributed by atoms with Gasteiger partial charge in [0.1, 0.15) is 0 Å². The van der Waals surface area contributed by atoms with Gasteiger partial charge in [-0.1, -0.05) is 42.5 Å². The van der Waals surface area contributed by atoms with Crippen LogP contribution in [0.5, 0.6) is 0 Å². The van der Waals surface area contributed by atoms with Crippen molar-refractivity contribution in [3.8, 4) is 0 Å². The average Bonchev–Trinajstić information content (AvgIpc) is 2.50. The highest BCUT2D eigenvalue weighted by Crippen LogP contribution is 2.21. The van der Waals surface area contributed by atoms with Crippen molar-refractivity contribution in [2.45, 2.75) is 26.4 Å². The average molecular weight is 277 g/mol. The first kappa shape index (κ1) is 13.8. The number of fused-ring (bicyclic) bond motifs is 1. The molecule has 0 aliphatic carbocycles. The van der Waals surface area contributed by atoms with Crippen molar-refractivity contribution >= 4 is 10.9 Å². The molecule has 2 heteroatoms. The van der Waals surface area contributed by atoms with E-state index >= 15 is 0 Å². The third-order valence-corrected chi connectivity index (χ3v) is 3.96. The van der Waals surface area contributed by atoms with Crippen LogP contribution in [0.2, 0.25) is 0 Å². The number of aromatic nitrogens is 1. The Morgan fingerprint density at radius 2 is 1.76 bits per heavy atom. The summed E-state index contributed by atoms with van der Waals surface area (Å²) in [4.78, 5) is 4.56. The highest BCUT2D eigenvalue weighted by molar-refractivity contribution is 5.78. The fraction of sp³-hybridized carbons (Fsp3) is 0.211. The first-order chi connectivity index (χ1) is 10.1. The monoisotopic (exact) mass is 277 g/mol. The number of nitrogens with zero attached hydrogens (tertiary/aromatic N) is 1. The topological polar surface area (TPSA) is 33.1 Å². The molecule has 2 aromatic carbocycles. The van der Waals surface area contributed by atoms with Gasteiger partial charge < -0.3 is 5.11 Å². The van der Waals surface area contributed by atoms with Crippen LogP contribution in [0, 0.1) is 13.8 Å². The summed E-state index contributed by atoms with van der Waals surface area (Å²) in [5, 5.41) is 11.5. The lowest BCUT2D eigenvalue weighted by Crippen LogP contribution is -2.04. The summed E-state index contributed by atoms with van der Waals surface area (Å²) in [7, 11) is 0. The van der Waals surface area contributed by atoms with Crippen LogP contribution in [0.15, 0.2) is 54.6 Å². The minimum absolute atomic E-state index is 0.572. The normalized spacial score (nSPS) is 12.5. The smallest absolute Gasteiger partial charge is 0.1000 e. The zero-order valence-corrected chi connectivity index (χ0v) is 12.4. The number of aryl methyl sites for hydroxylation is 2. The van der Waals surface area contributed by atoms with Crippen LogP contribution in [-0.4, -0.2) is 10.1 Å². The van der Waals surface area contributed by atoms with Gasteiger partial charge in [-0.2, -0.15) is 0 Å². The third-order valence-electron chi connectivity index (χ3n) is 3.96. The Balaban J connectivity index is 1.85. The zero-order valence-electron chi connectivity index (χ0n) is 12.4. The van der Waals surface area contributed by atoms with E-state index in [1.165, 1.54) is 11.1 Å². The molecule has 0 bridgehead atoms. The summed E-state index contributed by atoms with van der Waals surface area (Å²) in [5.74, 6) is 0. The molecule has 1 heterocycles. The quantitative estimate of drug-likeness (QED) is 0.781. The van der Waals surface area contributed by atoms with Crippen LogP contribution in [0.1, 0.15) is 28.5 Å². The maximum absolute atomic E-state index is 10.4. The lowest BCUT2D eigenvalue weighted by atomic mass is 10.0. The number of aliphatic hydroxyl groups excluding tert-OH is 1. The molecule has 0 aliphatic heterocycles. The lowest BCUT2D eigenvalue weighted by Gasteiger charge is -2.12. The maximum atomic E-state index is 10.4. The van der Waals surface area contributed by atoms with Crippen molar-refractivity contribution in [1.29, 1.82) is 0 Å². The molecule has 2 nitrogen and oxygen atoms in total. The van der Waals surface area contributed by atoms with Crippen LogP contribution in [0.25, 0.3) is 10.9 Å². The molecule has 0 radical (unpaired) electrons. The Hall–Kier alpha value is -2.19. The summed E-state index contributed by atoms with van der Waals surface area (Å²) in [6.07, 6.45) is 0.0173. The van der Waals surface area contributed by atoms with Crippen LogP contribution in [-0.2, 0) is 6.42 Å². The second-order valence-electron chi connectivity index (χ2n) is 5.57. The molecule has 3 aromatic rings. The standard InChI is InChI=1S/C19H19NO/c1-13-7-8-15(11-14(13)2)12-19(21)18-10-9-16-5-3-4-6-17(16)20-18/h3-11,19,21H,12H2,1-2H3. The summed E-state index contributed by atoms with van der Waals surface area (Å²) < 4.78 is 0. The molecule has 1 atom stereocenters. The highest BCUT2D eigenvalue weighted by Gasteiger charge is 2.11. The van der Waals surface area contributed by atoms with Gasteiger partial charge in [-0.25, -0.2) is 0 Å². The summed E-state index contributed by atoms with van der Waals surface area (Å²) in [5.41, 5.74) is 5.32. The van der Waals surface area contributed by atoms with Gasteiger partial charge in [0.25, 0.3) is 0 Å². The summed E-state index contributed by atoms with van der Waals surface area (Å²) in [6, 6.07) is 18.2. The third kappa shape index (κ3) is 2.96. The molecule has 1 aromatic heterocycles. The molecular formula is C19H19NO. The van der Waals surface area contributed by atoms with Gasteiger partial charge in [0.15, 0.2) is 0 Å². The highest BCUT2D eigenvalue weighted by atomic mass is 16.3. The molecule has 106 valence electrons. The van der Waals surface area contributed by atoms with Crippen LogP contribution < -0.4 is 0 Å². The van der Waals surface area contributed by atoms with E-state index in [-0.39, 0.29) is 0 Å². The molecular weight excluding hydrogens is 258 g/mol. The van der Waals surface area contributed by atoms with Crippen LogP contribution in [0.4, 0.5) is 0 Å². The van der Waals surface area contributed by atoms with E-state index in [0.717, 1.165) is 22.2 Å². The van der Waals surface area contributed by atoms with Crippen molar-refractivity contribution in [2.75, 3.05) is 0 Å². The van der Waals surface area contributed by atoms with Gasteiger partial charge in [0.05, 0.1) is 17.3 Å². The Labute approximate surface area is 125 Å². The maximum Gasteiger partial charge on any atom is 0.1000 e. The van der Waals surface area contributed by atoms with Crippen LogP contribution >= 0.6 is 0 Å². The van der Waals surface area contributed by atoms with E-state index in [1.54, 1.807) is 0 Å². The second kappa shape index (κ2) is 5.66. The Bertz CT molecular complexity index is 779. The molecule has 21 heavy (non-hydrogen) atoms. The number of hydrogen-bond donors (Lipinski definition) is 1. The van der Waals surface area contributed by atoms with E-state index in [0.29, 0.717) is 6.42 Å². The van der Waals surface area contributed by atoms with Gasteiger partial charge in [0.2, 0.25) is 0 Å². The van der Waals surface area contributed by atoms with E-state index < -0.39 is 6.10 Å². The van der Waals surface area contributed by atoms with Crippen molar-refractivity contribution < 1.29 is 5.11 Å². The summed E-state index contributed by atoms with van der Waals surface area (Å²) >= 11 is 0. The van der Waals surface area contributed by atoms with E-state index in [1.807, 2.05) is 36.4 Å². The lowest BCUT2D eigenvalue weighted by molar-refractivity contribution is 0.174. The fourth-order valence-electron chi connectivity index (χ4n) is 2.53. The number of aliphatic hydroxyl groups is 1. The second-order valence-corrected chi connectivity index (χ2v) is 5.57. The SMILES string of the molecule is Cc1ccc(CC(O)c2ccc3ccccc3n2)cc1C. The molecule has 0 aliphatic rings. The molecule has 3 rings (SSSR count). The van der Waals surface area contributed by atoms with Gasteiger partial charge in [-0.05, 0) is 42.7 Å². The van der Waals surface area contributed by atoms with Gasteiger partial charge in [-0.15, -0.1) is 0 Å². The number of hydrogen-bond acceptors (Lipinski definition) is 2. The number of rotatable bonds is 3. The molecule has 0 spiro atoms. The van der Waals surface area contributed by atoms with E-state index in [4.69, 9.17) is 0 Å². The number of benzene rings is 2. The Morgan fingerprint density at radius 3 is 2.57 bits per heavy atom. The van der Waals surface area contributed by atoms with E-state index in [2.05, 4.69) is 37.0 Å². The van der Waals surface area contributed by atoms with Crippen molar-refractivity contribution in [1.82, 2.24) is 4.98 Å². The first-order valence-corrected chi connectivity index (χ1v) is 7.23. The number of para-hydroxylation sites is 1. The van der Waals surface area contributed by atoms with Crippen molar-refractivity contribution in [3.63, 3.8) is 0 Å². The zero-order chi connectivity index (χ0) is 14.8. The molecule has 0 saturated carbocycles. The van der Waals surface area contributed by atoms with Crippen LogP contribution in [0.3, 0.4) is 0 Å². The molecule has 0 amide bonds. The molecule has 1 N–H and O–H groups in total. The van der Waals surface area contributed by atoms with E-state index in [9.17, 15) is 5.11 Å². The molecule has 0 fully saturated rings. The fourth-order valence-corrected chi connectivity index (χ4v) is 2.53.